The number of nitrogens with zero attached hydrogens (tertiary/aromatic N) is 2. The SMILES string of the molecule is Cc1cc2c(Nc3cccc(C)c3C)ncnc2s1.Cl. The number of halogens is 1. The highest BCUT2D eigenvalue weighted by Crippen LogP contribution is 2.30. The van der Waals surface area contributed by atoms with Crippen molar-refractivity contribution in [3.63, 3.8) is 0 Å². The quantitative estimate of drug-likeness (QED) is 0.740. The summed E-state index contributed by atoms with van der Waals surface area (Å²) in [5.74, 6) is 0.878. The minimum atomic E-state index is 0. The number of rotatable bonds is 2. The number of thiophene rings is 1. The highest BCUT2D eigenvalue weighted by Gasteiger charge is 2.08. The second-order valence-corrected chi connectivity index (χ2v) is 5.91. The van der Waals surface area contributed by atoms with Crippen LogP contribution in [0.25, 0.3) is 10.2 Å². The first kappa shape index (κ1) is 14.8. The Morgan fingerprint density at radius 2 is 1.90 bits per heavy atom. The van der Waals surface area contributed by atoms with Gasteiger partial charge in [0.2, 0.25) is 0 Å². The van der Waals surface area contributed by atoms with Gasteiger partial charge in [-0.15, -0.1) is 23.7 Å². The molecule has 0 radical (unpaired) electrons. The third-order valence-corrected chi connectivity index (χ3v) is 4.27. The largest absolute Gasteiger partial charge is 0.339 e. The average molecular weight is 306 g/mol. The molecule has 2 heterocycles. The van der Waals surface area contributed by atoms with Crippen LogP contribution in [0.4, 0.5) is 11.5 Å². The van der Waals surface area contributed by atoms with E-state index in [-0.39, 0.29) is 12.4 Å². The molecule has 20 heavy (non-hydrogen) atoms. The molecule has 0 aliphatic carbocycles. The first-order valence-corrected chi connectivity index (χ1v) is 7.01. The molecule has 0 unspecified atom stereocenters. The monoisotopic (exact) mass is 305 g/mol. The van der Waals surface area contributed by atoms with Gasteiger partial charge >= 0.3 is 0 Å². The Morgan fingerprint density at radius 1 is 1.10 bits per heavy atom. The van der Waals surface area contributed by atoms with E-state index in [0.717, 1.165) is 21.7 Å². The van der Waals surface area contributed by atoms with Crippen molar-refractivity contribution < 1.29 is 0 Å². The Morgan fingerprint density at radius 3 is 2.70 bits per heavy atom. The van der Waals surface area contributed by atoms with E-state index in [9.17, 15) is 0 Å². The molecule has 1 N–H and O–H groups in total. The third-order valence-electron chi connectivity index (χ3n) is 3.31. The summed E-state index contributed by atoms with van der Waals surface area (Å²) < 4.78 is 0. The molecular weight excluding hydrogens is 290 g/mol. The van der Waals surface area contributed by atoms with Crippen molar-refractivity contribution in [2.24, 2.45) is 0 Å². The predicted octanol–water partition coefficient (Wildman–Crippen LogP) is 4.78. The Labute approximate surface area is 128 Å². The van der Waals surface area contributed by atoms with Crippen molar-refractivity contribution in [2.75, 3.05) is 5.32 Å². The molecule has 0 fully saturated rings. The van der Waals surface area contributed by atoms with Gasteiger partial charge in [-0.05, 0) is 44.0 Å². The van der Waals surface area contributed by atoms with E-state index in [2.05, 4.69) is 60.3 Å². The molecule has 2 aromatic heterocycles. The minimum Gasteiger partial charge on any atom is -0.339 e. The molecule has 0 saturated carbocycles. The fourth-order valence-corrected chi connectivity index (χ4v) is 2.94. The van der Waals surface area contributed by atoms with Gasteiger partial charge < -0.3 is 5.32 Å². The van der Waals surface area contributed by atoms with Crippen LogP contribution in [0.2, 0.25) is 0 Å². The molecule has 0 spiro atoms. The summed E-state index contributed by atoms with van der Waals surface area (Å²) in [5.41, 5.74) is 3.63. The Kier molecular flexibility index (Phi) is 4.26. The van der Waals surface area contributed by atoms with Crippen LogP contribution in [0.1, 0.15) is 16.0 Å². The molecule has 0 amide bonds. The van der Waals surface area contributed by atoms with Gasteiger partial charge in [-0.2, -0.15) is 0 Å². The molecule has 104 valence electrons. The third kappa shape index (κ3) is 2.62. The molecule has 0 atom stereocenters. The van der Waals surface area contributed by atoms with Gasteiger partial charge in [-0.25, -0.2) is 9.97 Å². The van der Waals surface area contributed by atoms with Crippen LogP contribution in [-0.2, 0) is 0 Å². The summed E-state index contributed by atoms with van der Waals surface area (Å²) >= 11 is 1.69. The molecular formula is C15H16ClN3S. The molecule has 0 aliphatic rings. The van der Waals surface area contributed by atoms with Crippen LogP contribution in [0.5, 0.6) is 0 Å². The van der Waals surface area contributed by atoms with Crippen LogP contribution < -0.4 is 5.32 Å². The average Bonchev–Trinajstić information content (AvgIpc) is 2.76. The van der Waals surface area contributed by atoms with Crippen LogP contribution in [0.3, 0.4) is 0 Å². The van der Waals surface area contributed by atoms with Crippen molar-refractivity contribution in [3.8, 4) is 0 Å². The maximum absolute atomic E-state index is 4.37. The molecule has 3 aromatic rings. The van der Waals surface area contributed by atoms with Crippen LogP contribution in [-0.4, -0.2) is 9.97 Å². The van der Waals surface area contributed by atoms with Crippen LogP contribution in [0, 0.1) is 20.8 Å². The lowest BCUT2D eigenvalue weighted by atomic mass is 10.1. The lowest BCUT2D eigenvalue weighted by Gasteiger charge is -2.11. The standard InChI is InChI=1S/C15H15N3S.ClH/c1-9-5-4-6-13(11(9)3)18-14-12-7-10(2)19-15(12)17-8-16-14;/h4-8H,1-3H3,(H,16,17,18);1H. The number of aromatic nitrogens is 2. The number of hydrogen-bond donors (Lipinski definition) is 1. The van der Waals surface area contributed by atoms with Crippen molar-refractivity contribution >= 4 is 45.5 Å². The fraction of sp³-hybridized carbons (Fsp3) is 0.200. The molecule has 3 rings (SSSR count). The highest BCUT2D eigenvalue weighted by atomic mass is 35.5. The number of aryl methyl sites for hydroxylation is 2. The summed E-state index contributed by atoms with van der Waals surface area (Å²) in [5, 5.41) is 4.51. The summed E-state index contributed by atoms with van der Waals surface area (Å²) in [7, 11) is 0. The van der Waals surface area contributed by atoms with Crippen LogP contribution >= 0.6 is 23.7 Å². The smallest absolute Gasteiger partial charge is 0.142 e. The number of hydrogen-bond acceptors (Lipinski definition) is 4. The van der Waals surface area contributed by atoms with Gasteiger partial charge in [-0.1, -0.05) is 12.1 Å². The van der Waals surface area contributed by atoms with Crippen LogP contribution in [0.15, 0.2) is 30.6 Å². The molecule has 5 heteroatoms. The maximum atomic E-state index is 4.37. The summed E-state index contributed by atoms with van der Waals surface area (Å²) in [4.78, 5) is 11.0. The van der Waals surface area contributed by atoms with E-state index >= 15 is 0 Å². The Bertz CT molecular complexity index is 752. The second-order valence-electron chi connectivity index (χ2n) is 4.67. The molecule has 0 bridgehead atoms. The second kappa shape index (κ2) is 5.77. The topological polar surface area (TPSA) is 37.8 Å². The van der Waals surface area contributed by atoms with E-state index in [1.54, 1.807) is 17.7 Å². The lowest BCUT2D eigenvalue weighted by molar-refractivity contribution is 1.22. The van der Waals surface area contributed by atoms with Gasteiger partial charge in [0, 0.05) is 10.6 Å². The molecule has 3 nitrogen and oxygen atoms in total. The zero-order valence-electron chi connectivity index (χ0n) is 11.6. The number of fused-ring (bicyclic) bond motifs is 1. The van der Waals surface area contributed by atoms with Gasteiger partial charge in [0.15, 0.2) is 0 Å². The van der Waals surface area contributed by atoms with Crippen molar-refractivity contribution in [1.29, 1.82) is 0 Å². The van der Waals surface area contributed by atoms with Gasteiger partial charge in [-0.3, -0.25) is 0 Å². The van der Waals surface area contributed by atoms with E-state index in [0.29, 0.717) is 0 Å². The zero-order valence-corrected chi connectivity index (χ0v) is 13.2. The summed E-state index contributed by atoms with van der Waals surface area (Å²) in [6.45, 7) is 6.33. The molecule has 0 saturated heterocycles. The van der Waals surface area contributed by atoms with Crippen molar-refractivity contribution in [3.05, 3.63) is 46.6 Å². The summed E-state index contributed by atoms with van der Waals surface area (Å²) in [6.07, 6.45) is 1.62. The van der Waals surface area contributed by atoms with Gasteiger partial charge in [0.25, 0.3) is 0 Å². The first-order valence-electron chi connectivity index (χ1n) is 6.19. The van der Waals surface area contributed by atoms with Gasteiger partial charge in [0.1, 0.15) is 17.0 Å². The highest BCUT2D eigenvalue weighted by molar-refractivity contribution is 7.18. The van der Waals surface area contributed by atoms with Crippen molar-refractivity contribution in [2.45, 2.75) is 20.8 Å². The van der Waals surface area contributed by atoms with E-state index < -0.39 is 0 Å². The number of benzene rings is 1. The molecule has 0 aliphatic heterocycles. The van der Waals surface area contributed by atoms with E-state index in [1.807, 2.05) is 0 Å². The Hall–Kier alpha value is -1.65. The summed E-state index contributed by atoms with van der Waals surface area (Å²) in [6, 6.07) is 8.38. The fourth-order valence-electron chi connectivity index (χ4n) is 2.09. The van der Waals surface area contributed by atoms with Crippen molar-refractivity contribution in [1.82, 2.24) is 9.97 Å². The van der Waals surface area contributed by atoms with E-state index in [1.165, 1.54) is 16.0 Å². The number of anilines is 2. The van der Waals surface area contributed by atoms with Gasteiger partial charge in [0.05, 0.1) is 5.39 Å². The number of nitrogens with one attached hydrogen (secondary N) is 1. The van der Waals surface area contributed by atoms with E-state index in [4.69, 9.17) is 0 Å². The normalized spacial score (nSPS) is 10.3. The first-order chi connectivity index (χ1) is 9.15. The predicted molar refractivity (Wildman–Crippen MR) is 88.6 cm³/mol. The zero-order chi connectivity index (χ0) is 13.4. The Balaban J connectivity index is 0.00000147. The molecule has 1 aromatic carbocycles. The lowest BCUT2D eigenvalue weighted by Crippen LogP contribution is -1.97. The maximum Gasteiger partial charge on any atom is 0.142 e. The minimum absolute atomic E-state index is 0.